The number of rotatable bonds is 8. The fourth-order valence-corrected chi connectivity index (χ4v) is 6.38. The molecule has 10 heteroatoms. The number of methoxy groups -OCH3 is 1. The van der Waals surface area contributed by atoms with E-state index in [1.807, 2.05) is 0 Å². The van der Waals surface area contributed by atoms with Gasteiger partial charge in [0.15, 0.2) is 0 Å². The largest absolute Gasteiger partial charge is 0.497 e. The molecule has 2 fully saturated rings. The van der Waals surface area contributed by atoms with Crippen molar-refractivity contribution in [2.75, 3.05) is 18.0 Å². The number of benzene rings is 2. The van der Waals surface area contributed by atoms with Gasteiger partial charge in [0.1, 0.15) is 12.3 Å². The summed E-state index contributed by atoms with van der Waals surface area (Å²) in [6.45, 7) is 1.11. The fourth-order valence-electron chi connectivity index (χ4n) is 4.94. The third kappa shape index (κ3) is 4.66. The molecule has 2 saturated carbocycles. The highest BCUT2D eigenvalue weighted by Crippen LogP contribution is 2.44. The van der Waals surface area contributed by atoms with E-state index in [1.54, 1.807) is 31.2 Å². The number of nitrogens with one attached hydrogen (secondary N) is 1. The molecular formula is C23H27N3O6S. The highest BCUT2D eigenvalue weighted by atomic mass is 32.2. The molecule has 9 nitrogen and oxygen atoms in total. The van der Waals surface area contributed by atoms with Gasteiger partial charge in [0.25, 0.3) is 15.7 Å². The number of nitrogens with zero attached hydrogens (tertiary/aromatic N) is 2. The van der Waals surface area contributed by atoms with Crippen molar-refractivity contribution in [1.82, 2.24) is 5.32 Å². The number of amides is 1. The smallest absolute Gasteiger partial charge is 0.273 e. The Morgan fingerprint density at radius 3 is 2.48 bits per heavy atom. The number of carbonyl (C=O) groups is 1. The molecule has 0 radical (unpaired) electrons. The SMILES string of the molecule is COc1ccc(N(CC(=O)N[C@@H]2C[C@@H]3CC[C@@H]2C3)S(=O)(=O)c2ccc(C)c([N+](=O)[O-])c2)cc1. The fraction of sp³-hybridized carbons (Fsp3) is 0.435. The van der Waals surface area contributed by atoms with Gasteiger partial charge in [0, 0.05) is 17.7 Å². The maximum absolute atomic E-state index is 13.6. The summed E-state index contributed by atoms with van der Waals surface area (Å²) in [6.07, 6.45) is 4.31. The van der Waals surface area contributed by atoms with Crippen molar-refractivity contribution >= 4 is 27.3 Å². The van der Waals surface area contributed by atoms with Gasteiger partial charge in [-0.2, -0.15) is 0 Å². The summed E-state index contributed by atoms with van der Waals surface area (Å²) < 4.78 is 33.3. The Morgan fingerprint density at radius 1 is 1.18 bits per heavy atom. The van der Waals surface area contributed by atoms with Crippen LogP contribution in [0.25, 0.3) is 0 Å². The van der Waals surface area contributed by atoms with Crippen LogP contribution in [0.5, 0.6) is 5.75 Å². The van der Waals surface area contributed by atoms with Crippen LogP contribution in [0.3, 0.4) is 0 Å². The quantitative estimate of drug-likeness (QED) is 0.464. The lowest BCUT2D eigenvalue weighted by atomic mass is 9.95. The lowest BCUT2D eigenvalue weighted by molar-refractivity contribution is -0.385. The van der Waals surface area contributed by atoms with Gasteiger partial charge in [-0.3, -0.25) is 19.2 Å². The van der Waals surface area contributed by atoms with Crippen LogP contribution in [0.4, 0.5) is 11.4 Å². The number of anilines is 1. The molecule has 176 valence electrons. The Kier molecular flexibility index (Phi) is 6.29. The Balaban J connectivity index is 1.65. The second-order valence-corrected chi connectivity index (χ2v) is 10.6. The van der Waals surface area contributed by atoms with Crippen LogP contribution in [0.1, 0.15) is 31.2 Å². The van der Waals surface area contributed by atoms with Gasteiger partial charge in [0.2, 0.25) is 5.91 Å². The van der Waals surface area contributed by atoms with E-state index in [0.29, 0.717) is 23.1 Å². The zero-order chi connectivity index (χ0) is 23.8. The first-order valence-corrected chi connectivity index (χ1v) is 12.3. The van der Waals surface area contributed by atoms with Crippen LogP contribution in [0.2, 0.25) is 0 Å². The minimum atomic E-state index is -4.26. The maximum Gasteiger partial charge on any atom is 0.273 e. The van der Waals surface area contributed by atoms with Crippen LogP contribution in [0, 0.1) is 28.9 Å². The Hall–Kier alpha value is -3.14. The molecule has 0 saturated heterocycles. The predicted octanol–water partition coefficient (Wildman–Crippen LogP) is 3.41. The first-order chi connectivity index (χ1) is 15.7. The summed E-state index contributed by atoms with van der Waals surface area (Å²) in [4.78, 5) is 23.4. The Morgan fingerprint density at radius 2 is 1.91 bits per heavy atom. The van der Waals surface area contributed by atoms with E-state index in [4.69, 9.17) is 4.74 Å². The number of nitro benzene ring substituents is 1. The van der Waals surface area contributed by atoms with Gasteiger partial charge >= 0.3 is 0 Å². The first-order valence-electron chi connectivity index (χ1n) is 10.9. The molecule has 2 aliphatic rings. The van der Waals surface area contributed by atoms with Crippen LogP contribution in [-0.4, -0.2) is 38.9 Å². The summed E-state index contributed by atoms with van der Waals surface area (Å²) in [7, 11) is -2.76. The minimum absolute atomic E-state index is 0.0668. The van der Waals surface area contributed by atoms with E-state index in [2.05, 4.69) is 5.32 Å². The van der Waals surface area contributed by atoms with E-state index < -0.39 is 27.4 Å². The molecule has 0 spiro atoms. The van der Waals surface area contributed by atoms with Crippen LogP contribution >= 0.6 is 0 Å². The molecule has 1 N–H and O–H groups in total. The van der Waals surface area contributed by atoms with Crippen LogP contribution in [-0.2, 0) is 14.8 Å². The summed E-state index contributed by atoms with van der Waals surface area (Å²) in [5.74, 6) is 1.22. The molecule has 0 aromatic heterocycles. The first kappa shape index (κ1) is 23.0. The van der Waals surface area contributed by atoms with E-state index in [-0.39, 0.29) is 22.3 Å². The standard InChI is InChI=1S/C23H27N3O6S/c1-15-3-10-20(13-22(15)26(28)29)33(30,31)25(18-6-8-19(32-2)9-7-18)14-23(27)24-21-12-16-4-5-17(21)11-16/h3,6-10,13,16-17,21H,4-5,11-12,14H2,1-2H3,(H,24,27)/t16-,17-,21-/m1/s1. The summed E-state index contributed by atoms with van der Waals surface area (Å²) >= 11 is 0. The van der Waals surface area contributed by atoms with Gasteiger partial charge in [-0.05, 0) is 68.4 Å². The van der Waals surface area contributed by atoms with Crippen molar-refractivity contribution in [1.29, 1.82) is 0 Å². The van der Waals surface area contributed by atoms with E-state index in [1.165, 1.54) is 25.7 Å². The topological polar surface area (TPSA) is 119 Å². The van der Waals surface area contributed by atoms with Gasteiger partial charge in [0.05, 0.1) is 22.6 Å². The van der Waals surface area contributed by atoms with Gasteiger partial charge in [-0.15, -0.1) is 0 Å². The molecule has 0 heterocycles. The minimum Gasteiger partial charge on any atom is -0.497 e. The molecule has 33 heavy (non-hydrogen) atoms. The number of hydrogen-bond donors (Lipinski definition) is 1. The lowest BCUT2D eigenvalue weighted by Crippen LogP contribution is -2.46. The van der Waals surface area contributed by atoms with Crippen molar-refractivity contribution in [2.24, 2.45) is 11.8 Å². The normalized spacial score (nSPS) is 21.6. The molecule has 2 aromatic carbocycles. The van der Waals surface area contributed by atoms with Crippen molar-refractivity contribution < 1.29 is 22.9 Å². The van der Waals surface area contributed by atoms with E-state index >= 15 is 0 Å². The van der Waals surface area contributed by atoms with Crippen molar-refractivity contribution in [3.05, 3.63) is 58.1 Å². The second kappa shape index (κ2) is 9.01. The highest BCUT2D eigenvalue weighted by molar-refractivity contribution is 7.92. The number of carbonyl (C=O) groups excluding carboxylic acids is 1. The third-order valence-corrected chi connectivity index (χ3v) is 8.47. The third-order valence-electron chi connectivity index (χ3n) is 6.70. The molecule has 0 unspecified atom stereocenters. The molecule has 2 bridgehead atoms. The molecular weight excluding hydrogens is 446 g/mol. The number of hydrogen-bond acceptors (Lipinski definition) is 6. The number of sulfonamides is 1. The number of fused-ring (bicyclic) bond motifs is 2. The van der Waals surface area contributed by atoms with Gasteiger partial charge < -0.3 is 10.1 Å². The maximum atomic E-state index is 13.6. The average molecular weight is 474 g/mol. The molecule has 1 amide bonds. The highest BCUT2D eigenvalue weighted by Gasteiger charge is 2.40. The zero-order valence-corrected chi connectivity index (χ0v) is 19.4. The summed E-state index contributed by atoms with van der Waals surface area (Å²) in [5.41, 5.74) is 0.322. The molecule has 4 rings (SSSR count). The van der Waals surface area contributed by atoms with E-state index in [9.17, 15) is 23.3 Å². The van der Waals surface area contributed by atoms with Gasteiger partial charge in [-0.1, -0.05) is 12.5 Å². The Bertz CT molecular complexity index is 1170. The summed E-state index contributed by atoms with van der Waals surface area (Å²) in [6, 6.07) is 10.1. The van der Waals surface area contributed by atoms with Crippen molar-refractivity contribution in [3.8, 4) is 5.75 Å². The molecule has 0 aliphatic heterocycles. The zero-order valence-electron chi connectivity index (χ0n) is 18.6. The predicted molar refractivity (Wildman–Crippen MR) is 123 cm³/mol. The lowest BCUT2D eigenvalue weighted by Gasteiger charge is -2.27. The van der Waals surface area contributed by atoms with Crippen LogP contribution < -0.4 is 14.4 Å². The molecule has 3 atom stereocenters. The monoisotopic (exact) mass is 473 g/mol. The van der Waals surface area contributed by atoms with E-state index in [0.717, 1.165) is 29.6 Å². The second-order valence-electron chi connectivity index (χ2n) is 8.76. The molecule has 2 aromatic rings. The van der Waals surface area contributed by atoms with Crippen molar-refractivity contribution in [2.45, 2.75) is 43.5 Å². The number of ether oxygens (including phenoxy) is 1. The van der Waals surface area contributed by atoms with Crippen molar-refractivity contribution in [3.63, 3.8) is 0 Å². The molecule has 2 aliphatic carbocycles. The van der Waals surface area contributed by atoms with Gasteiger partial charge in [-0.25, -0.2) is 8.42 Å². The summed E-state index contributed by atoms with van der Waals surface area (Å²) in [5, 5.41) is 14.4. The number of nitro groups is 1. The Labute approximate surface area is 192 Å². The van der Waals surface area contributed by atoms with Crippen LogP contribution in [0.15, 0.2) is 47.4 Å². The average Bonchev–Trinajstić information content (AvgIpc) is 3.41. The number of aryl methyl sites for hydroxylation is 1.